The minimum Gasteiger partial charge on any atom is -0.380 e. The van der Waals surface area contributed by atoms with Gasteiger partial charge in [-0.05, 0) is 71.1 Å². The number of rotatable bonds is 1. The summed E-state index contributed by atoms with van der Waals surface area (Å²) >= 11 is 0. The molecule has 8 bridgehead atoms. The molecule has 2 fully saturated rings. The molecule has 0 radical (unpaired) electrons. The highest BCUT2D eigenvalue weighted by atomic mass is 19.3. The normalized spacial score (nSPS) is 25.7. The number of aromatic nitrogens is 3. The Morgan fingerprint density at radius 1 is 1.07 bits per heavy atom. The van der Waals surface area contributed by atoms with Crippen LogP contribution in [0.2, 0.25) is 0 Å². The number of piperidine rings is 1. The third kappa shape index (κ3) is 5.15. The first-order chi connectivity index (χ1) is 20.2. The van der Waals surface area contributed by atoms with E-state index >= 15 is 13.2 Å². The lowest BCUT2D eigenvalue weighted by atomic mass is 9.85. The Balaban J connectivity index is 1.43. The van der Waals surface area contributed by atoms with Crippen LogP contribution in [0.4, 0.5) is 19.0 Å². The van der Waals surface area contributed by atoms with E-state index in [1.807, 2.05) is 0 Å². The molecule has 0 spiro atoms. The molecule has 0 unspecified atom stereocenters. The van der Waals surface area contributed by atoms with Crippen molar-refractivity contribution in [2.75, 3.05) is 38.2 Å². The van der Waals surface area contributed by atoms with E-state index in [2.05, 4.69) is 26.3 Å². The number of pyridine rings is 1. The van der Waals surface area contributed by atoms with E-state index in [-0.39, 0.29) is 17.7 Å². The molecule has 1 saturated heterocycles. The van der Waals surface area contributed by atoms with Gasteiger partial charge in [0.15, 0.2) is 0 Å². The summed E-state index contributed by atoms with van der Waals surface area (Å²) in [6.07, 6.45) is 4.74. The molecule has 222 valence electrons. The van der Waals surface area contributed by atoms with E-state index in [0.29, 0.717) is 74.4 Å². The number of hydrogen-bond donors (Lipinski definition) is 1. The van der Waals surface area contributed by atoms with Gasteiger partial charge in [-0.2, -0.15) is 5.26 Å². The quantitative estimate of drug-likeness (QED) is 0.419. The van der Waals surface area contributed by atoms with Crippen molar-refractivity contribution in [2.24, 2.45) is 5.92 Å². The molecule has 11 heteroatoms. The second-order valence-electron chi connectivity index (χ2n) is 11.8. The molecule has 42 heavy (non-hydrogen) atoms. The molecular weight excluding hydrogens is 545 g/mol. The fourth-order valence-electron chi connectivity index (χ4n) is 6.37. The van der Waals surface area contributed by atoms with Crippen LogP contribution in [0.25, 0.3) is 11.0 Å². The Morgan fingerprint density at radius 2 is 1.86 bits per heavy atom. The molecule has 1 aromatic carbocycles. The highest BCUT2D eigenvalue weighted by Crippen LogP contribution is 2.47. The van der Waals surface area contributed by atoms with Crippen molar-refractivity contribution < 1.29 is 17.9 Å². The van der Waals surface area contributed by atoms with Crippen molar-refractivity contribution in [2.45, 2.75) is 69.4 Å². The van der Waals surface area contributed by atoms with Crippen LogP contribution < -0.4 is 10.9 Å². The maximum Gasteiger partial charge on any atom is 0.278 e. The van der Waals surface area contributed by atoms with E-state index in [9.17, 15) is 10.1 Å². The van der Waals surface area contributed by atoms with Crippen LogP contribution in [0.15, 0.2) is 35.4 Å². The van der Waals surface area contributed by atoms with Gasteiger partial charge in [-0.15, -0.1) is 0 Å². The fraction of sp³-hybridized carbons (Fsp3) is 0.548. The van der Waals surface area contributed by atoms with Crippen molar-refractivity contribution in [1.29, 1.82) is 5.26 Å². The summed E-state index contributed by atoms with van der Waals surface area (Å²) in [7, 11) is 0. The van der Waals surface area contributed by atoms with E-state index in [0.717, 1.165) is 19.4 Å². The largest absolute Gasteiger partial charge is 0.380 e. The highest BCUT2D eigenvalue weighted by molar-refractivity contribution is 5.87. The van der Waals surface area contributed by atoms with E-state index < -0.39 is 34.7 Å². The summed E-state index contributed by atoms with van der Waals surface area (Å²) in [6.45, 7) is 4.62. The van der Waals surface area contributed by atoms with E-state index in [4.69, 9.17) is 4.74 Å². The summed E-state index contributed by atoms with van der Waals surface area (Å²) in [4.78, 5) is 24.6. The molecule has 2 aromatic heterocycles. The van der Waals surface area contributed by atoms with Gasteiger partial charge in [0.25, 0.3) is 11.5 Å². The summed E-state index contributed by atoms with van der Waals surface area (Å²) < 4.78 is 54.8. The number of halogens is 3. The molecular formula is C31H35F3N6O2. The molecule has 3 aliphatic heterocycles. The standard InChI is InChI=1S/C31H35F3N6O2/c1-20-22-5-4-6-24(26(22)32)31(33,34)21-7-12-39(13-8-21)11-2-3-15-42-16-14-40-28-23(27(38-20)36-19-37-28)17-25(29(40)41)30(18-35)9-10-30/h4-6,17,19-21H,2-3,7-16H2,1H3,(H,36,37,38)/t20-/m1/s1. The molecule has 5 heterocycles. The Morgan fingerprint density at radius 3 is 2.60 bits per heavy atom. The second-order valence-corrected chi connectivity index (χ2v) is 11.8. The first-order valence-electron chi connectivity index (χ1n) is 14.8. The van der Waals surface area contributed by atoms with Crippen LogP contribution in [0.5, 0.6) is 0 Å². The van der Waals surface area contributed by atoms with Crippen molar-refractivity contribution >= 4 is 16.9 Å². The number of fused-ring (bicyclic) bond motifs is 9. The second kappa shape index (κ2) is 11.3. The molecule has 1 aliphatic carbocycles. The Labute approximate surface area is 242 Å². The number of nitriles is 1. The molecule has 8 nitrogen and oxygen atoms in total. The Bertz CT molecular complexity index is 1570. The average Bonchev–Trinajstić information content (AvgIpc) is 3.78. The van der Waals surface area contributed by atoms with Gasteiger partial charge in [0.05, 0.1) is 41.6 Å². The summed E-state index contributed by atoms with van der Waals surface area (Å²) in [5.74, 6) is -4.84. The third-order valence-electron chi connectivity index (χ3n) is 9.14. The lowest BCUT2D eigenvalue weighted by Crippen LogP contribution is -2.40. The monoisotopic (exact) mass is 580 g/mol. The molecule has 1 atom stereocenters. The van der Waals surface area contributed by atoms with Crippen molar-refractivity contribution in [1.82, 2.24) is 19.4 Å². The number of nitrogens with zero attached hydrogens (tertiary/aromatic N) is 5. The van der Waals surface area contributed by atoms with Gasteiger partial charge in [-0.25, -0.2) is 23.1 Å². The number of ether oxygens (including phenoxy) is 1. The third-order valence-corrected chi connectivity index (χ3v) is 9.14. The van der Waals surface area contributed by atoms with Gasteiger partial charge in [0.1, 0.15) is 23.6 Å². The zero-order valence-corrected chi connectivity index (χ0v) is 23.7. The van der Waals surface area contributed by atoms with Gasteiger partial charge in [0, 0.05) is 23.7 Å². The molecule has 4 aliphatic rings. The lowest BCUT2D eigenvalue weighted by molar-refractivity contribution is -0.0880. The number of benzene rings is 1. The first kappa shape index (κ1) is 28.6. The smallest absolute Gasteiger partial charge is 0.278 e. The van der Waals surface area contributed by atoms with Crippen LogP contribution >= 0.6 is 0 Å². The topological polar surface area (TPSA) is 96.1 Å². The van der Waals surface area contributed by atoms with Crippen molar-refractivity contribution in [3.8, 4) is 6.07 Å². The van der Waals surface area contributed by atoms with E-state index in [1.165, 1.54) is 29.1 Å². The molecule has 1 saturated carbocycles. The number of alkyl halides is 2. The zero-order valence-electron chi connectivity index (χ0n) is 23.7. The predicted octanol–water partition coefficient (Wildman–Crippen LogP) is 5.27. The van der Waals surface area contributed by atoms with Crippen LogP contribution in [0, 0.1) is 23.1 Å². The minimum atomic E-state index is -3.30. The number of anilines is 1. The molecule has 3 aromatic rings. The van der Waals surface area contributed by atoms with Gasteiger partial charge < -0.3 is 15.0 Å². The van der Waals surface area contributed by atoms with Crippen molar-refractivity contribution in [3.63, 3.8) is 0 Å². The SMILES string of the molecule is C[C@H]1Nc2ncnc3c2cc(C2(C#N)CC2)c(=O)n3CCOCCCCN2CCC(CC2)C(F)(F)c2cccc1c2F. The summed E-state index contributed by atoms with van der Waals surface area (Å²) in [6, 6.07) is 7.40. The average molecular weight is 581 g/mol. The van der Waals surface area contributed by atoms with Crippen LogP contribution in [0.1, 0.15) is 68.2 Å². The maximum absolute atomic E-state index is 15.9. The molecule has 7 rings (SSSR count). The number of hydrogen-bond acceptors (Lipinski definition) is 7. The first-order valence-corrected chi connectivity index (χ1v) is 14.8. The van der Waals surface area contributed by atoms with Gasteiger partial charge in [-0.3, -0.25) is 9.36 Å². The minimum absolute atomic E-state index is 0.0971. The lowest BCUT2D eigenvalue weighted by Gasteiger charge is -2.36. The van der Waals surface area contributed by atoms with E-state index in [1.54, 1.807) is 13.0 Å². The van der Waals surface area contributed by atoms with Crippen LogP contribution in [-0.4, -0.2) is 52.3 Å². The van der Waals surface area contributed by atoms with Crippen molar-refractivity contribution in [3.05, 3.63) is 63.5 Å². The number of nitrogens with one attached hydrogen (secondary N) is 1. The Kier molecular flexibility index (Phi) is 7.70. The summed E-state index contributed by atoms with van der Waals surface area (Å²) in [5.41, 5.74) is -0.894. The zero-order chi connectivity index (χ0) is 29.5. The predicted molar refractivity (Wildman–Crippen MR) is 152 cm³/mol. The highest BCUT2D eigenvalue weighted by Gasteiger charge is 2.48. The fourth-order valence-corrected chi connectivity index (χ4v) is 6.37. The van der Waals surface area contributed by atoms with Gasteiger partial charge in [-0.1, -0.05) is 18.2 Å². The van der Waals surface area contributed by atoms with Gasteiger partial charge in [0.2, 0.25) is 0 Å². The molecule has 0 amide bonds. The summed E-state index contributed by atoms with van der Waals surface area (Å²) in [5, 5.41) is 13.6. The van der Waals surface area contributed by atoms with Crippen LogP contribution in [0.3, 0.4) is 0 Å². The van der Waals surface area contributed by atoms with Crippen LogP contribution in [-0.2, 0) is 22.6 Å². The Hall–Kier alpha value is -3.49. The maximum atomic E-state index is 15.9. The molecule has 1 N–H and O–H groups in total. The van der Waals surface area contributed by atoms with Gasteiger partial charge >= 0.3 is 0 Å².